The first-order valence-corrected chi connectivity index (χ1v) is 9.62. The molecule has 1 fully saturated rings. The molecule has 1 unspecified atom stereocenters. The molecule has 23 heavy (non-hydrogen) atoms. The summed E-state index contributed by atoms with van der Waals surface area (Å²) in [6.45, 7) is 4.40. The standard InChI is InChI=1S/C17H20N2O2S2/c1-11-3-4-13(12(2)7-11)16-19-14(8-23-16)15(20)18-9-17(21)5-6-22-10-17/h3-4,7-8,21H,5-6,9-10H2,1-2H3,(H,18,20). The summed E-state index contributed by atoms with van der Waals surface area (Å²) in [4.78, 5) is 16.7. The molecule has 0 spiro atoms. The normalized spacial score (nSPS) is 20.7. The van der Waals surface area contributed by atoms with Crippen molar-refractivity contribution in [2.24, 2.45) is 0 Å². The van der Waals surface area contributed by atoms with E-state index in [-0.39, 0.29) is 12.5 Å². The molecule has 1 atom stereocenters. The Bertz CT molecular complexity index is 721. The van der Waals surface area contributed by atoms with Crippen LogP contribution in [0.1, 0.15) is 28.0 Å². The molecule has 1 aliphatic rings. The van der Waals surface area contributed by atoms with Gasteiger partial charge in [0.2, 0.25) is 0 Å². The number of amides is 1. The molecular formula is C17H20N2O2S2. The van der Waals surface area contributed by atoms with Crippen LogP contribution < -0.4 is 5.32 Å². The number of aryl methyl sites for hydroxylation is 2. The van der Waals surface area contributed by atoms with Crippen LogP contribution in [0.15, 0.2) is 23.6 Å². The Balaban J connectivity index is 1.70. The molecule has 2 heterocycles. The highest BCUT2D eigenvalue weighted by molar-refractivity contribution is 7.99. The number of aromatic nitrogens is 1. The van der Waals surface area contributed by atoms with Gasteiger partial charge in [-0.1, -0.05) is 23.8 Å². The lowest BCUT2D eigenvalue weighted by molar-refractivity contribution is 0.0611. The zero-order chi connectivity index (χ0) is 16.4. The first kappa shape index (κ1) is 16.5. The van der Waals surface area contributed by atoms with Gasteiger partial charge < -0.3 is 10.4 Å². The fraction of sp³-hybridized carbons (Fsp3) is 0.412. The van der Waals surface area contributed by atoms with Crippen molar-refractivity contribution in [1.82, 2.24) is 10.3 Å². The molecule has 2 aromatic rings. The van der Waals surface area contributed by atoms with Gasteiger partial charge in [0.1, 0.15) is 10.7 Å². The molecule has 0 saturated carbocycles. The zero-order valence-electron chi connectivity index (χ0n) is 13.3. The second-order valence-electron chi connectivity index (χ2n) is 6.07. The Kier molecular flexibility index (Phi) is 4.75. The minimum Gasteiger partial charge on any atom is -0.387 e. The van der Waals surface area contributed by atoms with Gasteiger partial charge >= 0.3 is 0 Å². The van der Waals surface area contributed by atoms with Gasteiger partial charge in [-0.25, -0.2) is 4.98 Å². The fourth-order valence-corrected chi connectivity index (χ4v) is 4.81. The fourth-order valence-electron chi connectivity index (χ4n) is 2.63. The summed E-state index contributed by atoms with van der Waals surface area (Å²) in [5, 5.41) is 15.7. The first-order valence-electron chi connectivity index (χ1n) is 7.58. The van der Waals surface area contributed by atoms with Crippen LogP contribution in [-0.4, -0.2) is 39.6 Å². The monoisotopic (exact) mass is 348 g/mol. The molecule has 1 aromatic heterocycles. The highest BCUT2D eigenvalue weighted by Gasteiger charge is 2.32. The van der Waals surface area contributed by atoms with Crippen molar-refractivity contribution in [1.29, 1.82) is 0 Å². The Hall–Kier alpha value is -1.37. The molecule has 0 bridgehead atoms. The maximum absolute atomic E-state index is 12.2. The van der Waals surface area contributed by atoms with Crippen molar-refractivity contribution in [3.8, 4) is 10.6 Å². The van der Waals surface area contributed by atoms with E-state index in [0.717, 1.165) is 28.3 Å². The topological polar surface area (TPSA) is 62.2 Å². The molecular weight excluding hydrogens is 328 g/mol. The highest BCUT2D eigenvalue weighted by atomic mass is 32.2. The van der Waals surface area contributed by atoms with Gasteiger partial charge in [-0.3, -0.25) is 4.79 Å². The zero-order valence-corrected chi connectivity index (χ0v) is 14.9. The Morgan fingerprint density at radius 2 is 2.26 bits per heavy atom. The average Bonchev–Trinajstić information content (AvgIpc) is 3.15. The van der Waals surface area contributed by atoms with E-state index >= 15 is 0 Å². The van der Waals surface area contributed by atoms with Crippen LogP contribution in [0.5, 0.6) is 0 Å². The number of benzene rings is 1. The van der Waals surface area contributed by atoms with Crippen molar-refractivity contribution >= 4 is 29.0 Å². The molecule has 6 heteroatoms. The second-order valence-corrected chi connectivity index (χ2v) is 8.03. The number of thiazole rings is 1. The lowest BCUT2D eigenvalue weighted by atomic mass is 10.0. The summed E-state index contributed by atoms with van der Waals surface area (Å²) in [6, 6.07) is 6.21. The van der Waals surface area contributed by atoms with Crippen molar-refractivity contribution in [2.75, 3.05) is 18.1 Å². The van der Waals surface area contributed by atoms with E-state index in [1.54, 1.807) is 17.1 Å². The van der Waals surface area contributed by atoms with Gasteiger partial charge in [-0.2, -0.15) is 11.8 Å². The number of rotatable bonds is 4. The Morgan fingerprint density at radius 1 is 1.43 bits per heavy atom. The van der Waals surface area contributed by atoms with Gasteiger partial charge in [-0.15, -0.1) is 11.3 Å². The van der Waals surface area contributed by atoms with Crippen LogP contribution in [0.3, 0.4) is 0 Å². The van der Waals surface area contributed by atoms with Gasteiger partial charge in [-0.05, 0) is 31.6 Å². The molecule has 1 saturated heterocycles. The maximum atomic E-state index is 12.2. The number of carbonyl (C=O) groups is 1. The molecule has 1 aliphatic heterocycles. The summed E-state index contributed by atoms with van der Waals surface area (Å²) in [6.07, 6.45) is 0.725. The van der Waals surface area contributed by atoms with Crippen LogP contribution >= 0.6 is 23.1 Å². The largest absolute Gasteiger partial charge is 0.387 e. The third-order valence-electron chi connectivity index (χ3n) is 4.01. The summed E-state index contributed by atoms with van der Waals surface area (Å²) in [5.74, 6) is 1.40. The van der Waals surface area contributed by atoms with Crippen LogP contribution in [0.4, 0.5) is 0 Å². The maximum Gasteiger partial charge on any atom is 0.270 e. The van der Waals surface area contributed by atoms with Crippen molar-refractivity contribution in [2.45, 2.75) is 25.9 Å². The third kappa shape index (κ3) is 3.76. The SMILES string of the molecule is Cc1ccc(-c2nc(C(=O)NCC3(O)CCSC3)cs2)c(C)c1. The molecule has 2 N–H and O–H groups in total. The molecule has 122 valence electrons. The molecule has 4 nitrogen and oxygen atoms in total. The van der Waals surface area contributed by atoms with E-state index in [2.05, 4.69) is 36.3 Å². The van der Waals surface area contributed by atoms with Crippen molar-refractivity contribution in [3.05, 3.63) is 40.4 Å². The van der Waals surface area contributed by atoms with E-state index < -0.39 is 5.60 Å². The number of thioether (sulfide) groups is 1. The summed E-state index contributed by atoms with van der Waals surface area (Å²) >= 11 is 3.19. The lowest BCUT2D eigenvalue weighted by Crippen LogP contribution is -2.43. The van der Waals surface area contributed by atoms with E-state index in [1.165, 1.54) is 16.9 Å². The Morgan fingerprint density at radius 3 is 2.96 bits per heavy atom. The van der Waals surface area contributed by atoms with Crippen molar-refractivity contribution < 1.29 is 9.90 Å². The van der Waals surface area contributed by atoms with E-state index in [0.29, 0.717) is 11.4 Å². The lowest BCUT2D eigenvalue weighted by Gasteiger charge is -2.21. The minimum atomic E-state index is -0.771. The molecule has 3 rings (SSSR count). The molecule has 0 aliphatic carbocycles. The van der Waals surface area contributed by atoms with Crippen molar-refractivity contribution in [3.63, 3.8) is 0 Å². The summed E-state index contributed by atoms with van der Waals surface area (Å²) in [5.41, 5.74) is 3.07. The number of carbonyl (C=O) groups excluding carboxylic acids is 1. The van der Waals surface area contributed by atoms with Gasteiger partial charge in [0, 0.05) is 23.2 Å². The highest BCUT2D eigenvalue weighted by Crippen LogP contribution is 2.28. The summed E-state index contributed by atoms with van der Waals surface area (Å²) in [7, 11) is 0. The summed E-state index contributed by atoms with van der Waals surface area (Å²) < 4.78 is 0. The second kappa shape index (κ2) is 6.63. The molecule has 1 aromatic carbocycles. The molecule has 1 amide bonds. The number of nitrogens with one attached hydrogen (secondary N) is 1. The predicted octanol–water partition coefficient (Wildman–Crippen LogP) is 3.02. The van der Waals surface area contributed by atoms with Crippen LogP contribution in [0.25, 0.3) is 10.6 Å². The minimum absolute atomic E-state index is 0.220. The van der Waals surface area contributed by atoms with E-state index in [1.807, 2.05) is 6.07 Å². The predicted molar refractivity (Wildman–Crippen MR) is 96.2 cm³/mol. The van der Waals surface area contributed by atoms with Crippen LogP contribution in [0.2, 0.25) is 0 Å². The number of hydrogen-bond donors (Lipinski definition) is 2. The quantitative estimate of drug-likeness (QED) is 0.891. The van der Waals surface area contributed by atoms with E-state index in [9.17, 15) is 9.90 Å². The number of hydrogen-bond acceptors (Lipinski definition) is 5. The smallest absolute Gasteiger partial charge is 0.270 e. The van der Waals surface area contributed by atoms with Crippen LogP contribution in [-0.2, 0) is 0 Å². The van der Waals surface area contributed by atoms with Gasteiger partial charge in [0.15, 0.2) is 0 Å². The first-order chi connectivity index (χ1) is 11.0. The van der Waals surface area contributed by atoms with E-state index in [4.69, 9.17) is 0 Å². The van der Waals surface area contributed by atoms with Crippen LogP contribution in [0, 0.1) is 13.8 Å². The third-order valence-corrected chi connectivity index (χ3v) is 6.12. The average molecular weight is 348 g/mol. The molecule has 0 radical (unpaired) electrons. The van der Waals surface area contributed by atoms with Gasteiger partial charge in [0.25, 0.3) is 5.91 Å². The number of nitrogens with zero attached hydrogens (tertiary/aromatic N) is 1. The number of aliphatic hydroxyl groups is 1. The van der Waals surface area contributed by atoms with Gasteiger partial charge in [0.05, 0.1) is 5.60 Å². The Labute approximate surface area is 144 Å².